The summed E-state index contributed by atoms with van der Waals surface area (Å²) in [6.45, 7) is 10.2. The first kappa shape index (κ1) is 14.4. The van der Waals surface area contributed by atoms with Crippen LogP contribution in [-0.4, -0.2) is 19.1 Å². The fourth-order valence-corrected chi connectivity index (χ4v) is 2.78. The van der Waals surface area contributed by atoms with Crippen molar-refractivity contribution in [2.75, 3.05) is 18.0 Å². The number of anilines is 1. The van der Waals surface area contributed by atoms with Gasteiger partial charge in [0.05, 0.1) is 0 Å². The summed E-state index contributed by atoms with van der Waals surface area (Å²) in [7, 11) is 0. The van der Waals surface area contributed by atoms with Crippen molar-refractivity contribution in [2.24, 2.45) is 0 Å². The molecule has 0 bridgehead atoms. The molecule has 106 valence electrons. The van der Waals surface area contributed by atoms with E-state index < -0.39 is 0 Å². The van der Waals surface area contributed by atoms with Crippen LogP contribution in [0.1, 0.15) is 51.2 Å². The molecule has 19 heavy (non-hydrogen) atoms. The van der Waals surface area contributed by atoms with Crippen LogP contribution in [-0.2, 0) is 13.0 Å². The molecular formula is C17H28N2. The van der Waals surface area contributed by atoms with Crippen LogP contribution in [0.2, 0.25) is 0 Å². The largest absolute Gasteiger partial charge is 0.371 e. The van der Waals surface area contributed by atoms with E-state index in [0.717, 1.165) is 6.54 Å². The molecular weight excluding hydrogens is 232 g/mol. The van der Waals surface area contributed by atoms with Gasteiger partial charge < -0.3 is 10.2 Å². The van der Waals surface area contributed by atoms with Crippen LogP contribution < -0.4 is 10.2 Å². The second-order valence-corrected chi connectivity index (χ2v) is 5.74. The van der Waals surface area contributed by atoms with Crippen LogP contribution in [0.5, 0.6) is 0 Å². The highest BCUT2D eigenvalue weighted by molar-refractivity contribution is 5.56. The smallest absolute Gasteiger partial charge is 0.0398 e. The van der Waals surface area contributed by atoms with Gasteiger partial charge in [-0.15, -0.1) is 0 Å². The van der Waals surface area contributed by atoms with Gasteiger partial charge in [-0.25, -0.2) is 0 Å². The van der Waals surface area contributed by atoms with E-state index in [9.17, 15) is 0 Å². The Kier molecular flexibility index (Phi) is 5.26. The third-order valence-electron chi connectivity index (χ3n) is 4.12. The Hall–Kier alpha value is -1.02. The van der Waals surface area contributed by atoms with Crippen LogP contribution in [0.25, 0.3) is 0 Å². The molecule has 0 amide bonds. The fourth-order valence-electron chi connectivity index (χ4n) is 2.78. The Labute approximate surface area is 118 Å². The van der Waals surface area contributed by atoms with Crippen LogP contribution in [0, 0.1) is 0 Å². The summed E-state index contributed by atoms with van der Waals surface area (Å²) < 4.78 is 0. The molecule has 1 aliphatic rings. The molecule has 2 heteroatoms. The number of rotatable bonds is 6. The van der Waals surface area contributed by atoms with Crippen molar-refractivity contribution in [3.05, 3.63) is 29.3 Å². The average molecular weight is 260 g/mol. The van der Waals surface area contributed by atoms with Crippen LogP contribution in [0.15, 0.2) is 18.2 Å². The van der Waals surface area contributed by atoms with Crippen molar-refractivity contribution >= 4 is 5.69 Å². The molecule has 0 spiro atoms. The highest BCUT2D eigenvalue weighted by atomic mass is 15.1. The van der Waals surface area contributed by atoms with Gasteiger partial charge in [0, 0.05) is 31.4 Å². The minimum atomic E-state index is 0.604. The SMILES string of the molecule is CCCN1CCCc2cc(CNC(C)CC)ccc21. The molecule has 1 aromatic carbocycles. The molecule has 0 aromatic heterocycles. The van der Waals surface area contributed by atoms with Gasteiger partial charge in [-0.1, -0.05) is 26.0 Å². The zero-order valence-corrected chi connectivity index (χ0v) is 12.7. The third-order valence-corrected chi connectivity index (χ3v) is 4.12. The maximum absolute atomic E-state index is 3.58. The third kappa shape index (κ3) is 3.73. The van der Waals surface area contributed by atoms with E-state index in [2.05, 4.69) is 49.2 Å². The number of aryl methyl sites for hydroxylation is 1. The van der Waals surface area contributed by atoms with Crippen molar-refractivity contribution in [2.45, 2.75) is 59.0 Å². The molecule has 1 atom stereocenters. The molecule has 2 nitrogen and oxygen atoms in total. The minimum absolute atomic E-state index is 0.604. The lowest BCUT2D eigenvalue weighted by Gasteiger charge is -2.31. The maximum atomic E-state index is 3.58. The number of benzene rings is 1. The number of hydrogen-bond donors (Lipinski definition) is 1. The van der Waals surface area contributed by atoms with E-state index in [-0.39, 0.29) is 0 Å². The normalized spacial score (nSPS) is 16.3. The summed E-state index contributed by atoms with van der Waals surface area (Å²) in [6.07, 6.45) is 4.97. The Balaban J connectivity index is 2.06. The van der Waals surface area contributed by atoms with Crippen LogP contribution in [0.4, 0.5) is 5.69 Å². The molecule has 0 fully saturated rings. The minimum Gasteiger partial charge on any atom is -0.371 e. The topological polar surface area (TPSA) is 15.3 Å². The summed E-state index contributed by atoms with van der Waals surface area (Å²) in [6, 6.07) is 7.64. The fraction of sp³-hybridized carbons (Fsp3) is 0.647. The monoisotopic (exact) mass is 260 g/mol. The maximum Gasteiger partial charge on any atom is 0.0398 e. The van der Waals surface area contributed by atoms with E-state index in [0.29, 0.717) is 6.04 Å². The van der Waals surface area contributed by atoms with Crippen molar-refractivity contribution in [1.82, 2.24) is 5.32 Å². The van der Waals surface area contributed by atoms with Crippen molar-refractivity contribution < 1.29 is 0 Å². The Morgan fingerprint density at radius 1 is 1.32 bits per heavy atom. The van der Waals surface area contributed by atoms with Gasteiger partial charge in [0.1, 0.15) is 0 Å². The zero-order chi connectivity index (χ0) is 13.7. The number of fused-ring (bicyclic) bond motifs is 1. The van der Waals surface area contributed by atoms with E-state index in [4.69, 9.17) is 0 Å². The lowest BCUT2D eigenvalue weighted by Crippen LogP contribution is -2.30. The molecule has 1 unspecified atom stereocenters. The van der Waals surface area contributed by atoms with Gasteiger partial charge >= 0.3 is 0 Å². The Morgan fingerprint density at radius 2 is 2.16 bits per heavy atom. The molecule has 1 aromatic rings. The number of nitrogens with zero attached hydrogens (tertiary/aromatic N) is 1. The summed E-state index contributed by atoms with van der Waals surface area (Å²) in [5, 5.41) is 3.58. The van der Waals surface area contributed by atoms with E-state index in [1.54, 1.807) is 5.56 Å². The summed E-state index contributed by atoms with van der Waals surface area (Å²) in [4.78, 5) is 2.55. The van der Waals surface area contributed by atoms with Crippen molar-refractivity contribution in [1.29, 1.82) is 0 Å². The first-order valence-corrected chi connectivity index (χ1v) is 7.84. The molecule has 2 rings (SSSR count). The first-order chi connectivity index (χ1) is 9.24. The molecule has 1 aliphatic heterocycles. The van der Waals surface area contributed by atoms with Gasteiger partial charge in [0.25, 0.3) is 0 Å². The average Bonchev–Trinajstić information content (AvgIpc) is 2.45. The lowest BCUT2D eigenvalue weighted by molar-refractivity contribution is 0.534. The molecule has 0 saturated carbocycles. The highest BCUT2D eigenvalue weighted by Gasteiger charge is 2.16. The van der Waals surface area contributed by atoms with E-state index in [1.807, 2.05) is 0 Å². The summed E-state index contributed by atoms with van der Waals surface area (Å²) >= 11 is 0. The van der Waals surface area contributed by atoms with Crippen LogP contribution >= 0.6 is 0 Å². The molecule has 0 saturated heterocycles. The van der Waals surface area contributed by atoms with Gasteiger partial charge in [0.15, 0.2) is 0 Å². The van der Waals surface area contributed by atoms with Crippen molar-refractivity contribution in [3.8, 4) is 0 Å². The number of hydrogen-bond acceptors (Lipinski definition) is 2. The predicted molar refractivity (Wildman–Crippen MR) is 83.9 cm³/mol. The Morgan fingerprint density at radius 3 is 2.89 bits per heavy atom. The quantitative estimate of drug-likeness (QED) is 0.838. The van der Waals surface area contributed by atoms with Crippen molar-refractivity contribution in [3.63, 3.8) is 0 Å². The van der Waals surface area contributed by atoms with Gasteiger partial charge in [-0.05, 0) is 49.8 Å². The molecule has 1 N–H and O–H groups in total. The van der Waals surface area contributed by atoms with Gasteiger partial charge in [-0.3, -0.25) is 0 Å². The van der Waals surface area contributed by atoms with Gasteiger partial charge in [-0.2, -0.15) is 0 Å². The first-order valence-electron chi connectivity index (χ1n) is 7.84. The second-order valence-electron chi connectivity index (χ2n) is 5.74. The standard InChI is InChI=1S/C17H28N2/c1-4-10-19-11-6-7-16-12-15(8-9-17(16)19)13-18-14(3)5-2/h8-9,12,14,18H,4-7,10-11,13H2,1-3H3. The second kappa shape index (κ2) is 6.95. The summed E-state index contributed by atoms with van der Waals surface area (Å²) in [5.74, 6) is 0. The van der Waals surface area contributed by atoms with Crippen LogP contribution in [0.3, 0.4) is 0 Å². The Bertz CT molecular complexity index is 400. The number of nitrogens with one attached hydrogen (secondary N) is 1. The molecule has 1 heterocycles. The predicted octanol–water partition coefficient (Wildman–Crippen LogP) is 3.74. The highest BCUT2D eigenvalue weighted by Crippen LogP contribution is 2.28. The molecule has 0 radical (unpaired) electrons. The summed E-state index contributed by atoms with van der Waals surface area (Å²) in [5.41, 5.74) is 4.45. The van der Waals surface area contributed by atoms with Gasteiger partial charge in [0.2, 0.25) is 0 Å². The van der Waals surface area contributed by atoms with E-state index in [1.165, 1.54) is 50.0 Å². The lowest BCUT2D eigenvalue weighted by atomic mass is 9.99. The van der Waals surface area contributed by atoms with E-state index >= 15 is 0 Å². The zero-order valence-electron chi connectivity index (χ0n) is 12.7. The molecule has 0 aliphatic carbocycles.